The van der Waals surface area contributed by atoms with Crippen molar-refractivity contribution in [2.75, 3.05) is 13.2 Å². The monoisotopic (exact) mass is 392 g/mol. The van der Waals surface area contributed by atoms with Crippen molar-refractivity contribution in [1.82, 2.24) is 5.32 Å². The highest BCUT2D eigenvalue weighted by Crippen LogP contribution is 2.34. The fourth-order valence-electron chi connectivity index (χ4n) is 1.37. The lowest BCUT2D eigenvalue weighted by atomic mass is 10.2. The van der Waals surface area contributed by atoms with Crippen molar-refractivity contribution in [2.45, 2.75) is 20.4 Å². The summed E-state index contributed by atoms with van der Waals surface area (Å²) < 4.78 is 7.07. The van der Waals surface area contributed by atoms with Crippen LogP contribution in [0.5, 0.6) is 5.75 Å². The van der Waals surface area contributed by atoms with Crippen LogP contribution < -0.4 is 15.8 Å². The molecule has 0 aliphatic heterocycles. The maximum atomic E-state index is 11.6. The minimum absolute atomic E-state index is 0.00804. The topological polar surface area (TPSA) is 64.3 Å². The van der Waals surface area contributed by atoms with E-state index in [2.05, 4.69) is 37.2 Å². The van der Waals surface area contributed by atoms with E-state index in [1.54, 1.807) is 0 Å². The molecule has 0 radical (unpaired) electrons. The maximum absolute atomic E-state index is 11.6. The Bertz CT molecular complexity index is 427. The van der Waals surface area contributed by atoms with Crippen LogP contribution in [0.4, 0.5) is 0 Å². The Morgan fingerprint density at radius 1 is 1.37 bits per heavy atom. The van der Waals surface area contributed by atoms with Gasteiger partial charge in [-0.3, -0.25) is 4.79 Å². The van der Waals surface area contributed by atoms with E-state index >= 15 is 0 Å². The van der Waals surface area contributed by atoms with E-state index in [1.807, 2.05) is 26.0 Å². The number of rotatable bonds is 6. The van der Waals surface area contributed by atoms with E-state index in [-0.39, 0.29) is 12.5 Å². The highest BCUT2D eigenvalue weighted by Gasteiger charge is 2.11. The highest BCUT2D eigenvalue weighted by atomic mass is 79.9. The Hall–Kier alpha value is -0.590. The van der Waals surface area contributed by atoms with Crippen molar-refractivity contribution < 1.29 is 9.53 Å². The Morgan fingerprint density at radius 2 is 1.95 bits per heavy atom. The van der Waals surface area contributed by atoms with E-state index in [1.165, 1.54) is 0 Å². The lowest BCUT2D eigenvalue weighted by molar-refractivity contribution is -0.123. The van der Waals surface area contributed by atoms with Gasteiger partial charge < -0.3 is 15.8 Å². The van der Waals surface area contributed by atoms with Crippen LogP contribution in [0.3, 0.4) is 0 Å². The quantitative estimate of drug-likeness (QED) is 0.780. The molecule has 19 heavy (non-hydrogen) atoms. The fourth-order valence-corrected chi connectivity index (χ4v) is 2.89. The number of nitrogens with two attached hydrogens (primary N) is 1. The van der Waals surface area contributed by atoms with E-state index in [9.17, 15) is 4.79 Å². The Labute approximate surface area is 130 Å². The third-order valence-electron chi connectivity index (χ3n) is 2.35. The molecular weight excluding hydrogens is 376 g/mol. The Morgan fingerprint density at radius 3 is 2.42 bits per heavy atom. The van der Waals surface area contributed by atoms with Gasteiger partial charge >= 0.3 is 0 Å². The SMILES string of the molecule is CC(C)CNC(=O)COc1c(Br)cc(CN)cc1Br. The fraction of sp³-hybridized carbons (Fsp3) is 0.462. The molecule has 0 aromatic heterocycles. The summed E-state index contributed by atoms with van der Waals surface area (Å²) in [6, 6.07) is 3.76. The van der Waals surface area contributed by atoms with Gasteiger partial charge in [0.15, 0.2) is 6.61 Å². The van der Waals surface area contributed by atoms with Crippen molar-refractivity contribution >= 4 is 37.8 Å². The molecule has 0 fully saturated rings. The minimum Gasteiger partial charge on any atom is -0.481 e. The van der Waals surface area contributed by atoms with Crippen molar-refractivity contribution in [1.29, 1.82) is 0 Å². The summed E-state index contributed by atoms with van der Waals surface area (Å²) in [7, 11) is 0. The number of halogens is 2. The van der Waals surface area contributed by atoms with Gasteiger partial charge in [-0.1, -0.05) is 13.8 Å². The average Bonchev–Trinajstić information content (AvgIpc) is 2.34. The van der Waals surface area contributed by atoms with Crippen LogP contribution in [-0.2, 0) is 11.3 Å². The lowest BCUT2D eigenvalue weighted by Crippen LogP contribution is -2.31. The summed E-state index contributed by atoms with van der Waals surface area (Å²) in [6.45, 7) is 5.18. The van der Waals surface area contributed by atoms with Gasteiger partial charge in [-0.05, 0) is 55.5 Å². The summed E-state index contributed by atoms with van der Waals surface area (Å²) in [5.41, 5.74) is 6.56. The standard InChI is InChI=1S/C13H18Br2N2O2/c1-8(2)6-17-12(18)7-19-13-10(14)3-9(5-16)4-11(13)15/h3-4,8H,5-7,16H2,1-2H3,(H,17,18). The molecular formula is C13H18Br2N2O2. The summed E-state index contributed by atoms with van der Waals surface area (Å²) in [6.07, 6.45) is 0. The van der Waals surface area contributed by atoms with Crippen LogP contribution in [-0.4, -0.2) is 19.1 Å². The second-order valence-electron chi connectivity index (χ2n) is 4.58. The molecule has 3 N–H and O–H groups in total. The summed E-state index contributed by atoms with van der Waals surface area (Å²) in [5.74, 6) is 0.901. The molecule has 0 saturated heterocycles. The molecule has 0 saturated carbocycles. The van der Waals surface area contributed by atoms with Gasteiger partial charge in [0, 0.05) is 13.1 Å². The third kappa shape index (κ3) is 5.50. The number of amides is 1. The van der Waals surface area contributed by atoms with Gasteiger partial charge in [-0.15, -0.1) is 0 Å². The molecule has 0 heterocycles. The molecule has 0 aliphatic rings. The number of hydrogen-bond acceptors (Lipinski definition) is 3. The van der Waals surface area contributed by atoms with Gasteiger partial charge in [-0.25, -0.2) is 0 Å². The molecule has 1 aromatic carbocycles. The Balaban J connectivity index is 2.60. The molecule has 0 spiro atoms. The molecule has 106 valence electrons. The van der Waals surface area contributed by atoms with E-state index in [0.29, 0.717) is 24.8 Å². The van der Waals surface area contributed by atoms with Crippen molar-refractivity contribution in [3.05, 3.63) is 26.6 Å². The normalized spacial score (nSPS) is 10.6. The van der Waals surface area contributed by atoms with E-state index in [0.717, 1.165) is 14.5 Å². The van der Waals surface area contributed by atoms with Crippen molar-refractivity contribution in [3.63, 3.8) is 0 Å². The first-order valence-electron chi connectivity index (χ1n) is 6.01. The number of benzene rings is 1. The zero-order chi connectivity index (χ0) is 14.4. The van der Waals surface area contributed by atoms with Crippen molar-refractivity contribution in [2.24, 2.45) is 11.7 Å². The van der Waals surface area contributed by atoms with Gasteiger partial charge in [0.1, 0.15) is 5.75 Å². The number of carbonyl (C=O) groups is 1. The van der Waals surface area contributed by atoms with E-state index < -0.39 is 0 Å². The molecule has 1 aromatic rings. The number of carbonyl (C=O) groups excluding carboxylic acids is 1. The van der Waals surface area contributed by atoms with Gasteiger partial charge in [0.25, 0.3) is 5.91 Å². The third-order valence-corrected chi connectivity index (χ3v) is 3.53. The molecule has 6 heteroatoms. The van der Waals surface area contributed by atoms with Gasteiger partial charge in [0.2, 0.25) is 0 Å². The first-order chi connectivity index (χ1) is 8.93. The minimum atomic E-state index is -0.129. The first kappa shape index (κ1) is 16.5. The predicted octanol–water partition coefficient (Wildman–Crippen LogP) is 2.82. The smallest absolute Gasteiger partial charge is 0.257 e. The predicted molar refractivity (Wildman–Crippen MR) is 83.1 cm³/mol. The maximum Gasteiger partial charge on any atom is 0.257 e. The highest BCUT2D eigenvalue weighted by molar-refractivity contribution is 9.11. The van der Waals surface area contributed by atoms with Gasteiger partial charge in [-0.2, -0.15) is 0 Å². The molecule has 1 amide bonds. The summed E-state index contributed by atoms with van der Waals surface area (Å²) in [4.78, 5) is 11.6. The van der Waals surface area contributed by atoms with Crippen molar-refractivity contribution in [3.8, 4) is 5.75 Å². The zero-order valence-corrected chi connectivity index (χ0v) is 14.2. The lowest BCUT2D eigenvalue weighted by Gasteiger charge is -2.12. The second-order valence-corrected chi connectivity index (χ2v) is 6.29. The van der Waals surface area contributed by atoms with Gasteiger partial charge in [0.05, 0.1) is 8.95 Å². The second kappa shape index (κ2) is 7.87. The van der Waals surface area contributed by atoms with Crippen LogP contribution in [0.15, 0.2) is 21.1 Å². The molecule has 0 unspecified atom stereocenters. The average molecular weight is 394 g/mol. The van der Waals surface area contributed by atoms with Crippen LogP contribution in [0.25, 0.3) is 0 Å². The molecule has 0 bridgehead atoms. The van der Waals surface area contributed by atoms with Crippen LogP contribution in [0, 0.1) is 5.92 Å². The largest absolute Gasteiger partial charge is 0.481 e. The molecule has 4 nitrogen and oxygen atoms in total. The number of hydrogen-bond donors (Lipinski definition) is 2. The van der Waals surface area contributed by atoms with Crippen LogP contribution in [0.1, 0.15) is 19.4 Å². The number of nitrogens with one attached hydrogen (secondary N) is 1. The first-order valence-corrected chi connectivity index (χ1v) is 7.60. The molecule has 0 atom stereocenters. The Kier molecular flexibility index (Phi) is 6.82. The molecule has 0 aliphatic carbocycles. The van der Waals surface area contributed by atoms with Crippen LogP contribution >= 0.6 is 31.9 Å². The molecule has 1 rings (SSSR count). The van der Waals surface area contributed by atoms with Crippen LogP contribution in [0.2, 0.25) is 0 Å². The summed E-state index contributed by atoms with van der Waals surface area (Å²) >= 11 is 6.82. The number of ether oxygens (including phenoxy) is 1. The van der Waals surface area contributed by atoms with E-state index in [4.69, 9.17) is 10.5 Å². The zero-order valence-electron chi connectivity index (χ0n) is 11.0. The summed E-state index contributed by atoms with van der Waals surface area (Å²) in [5, 5.41) is 2.80.